The maximum absolute atomic E-state index is 14.7. The van der Waals surface area contributed by atoms with Crippen LogP contribution in [-0.4, -0.2) is 28.5 Å². The van der Waals surface area contributed by atoms with E-state index < -0.39 is 23.4 Å². The number of carbonyl (C=O) groups is 3. The van der Waals surface area contributed by atoms with Crippen molar-refractivity contribution in [1.82, 2.24) is 4.90 Å². The lowest BCUT2D eigenvalue weighted by Gasteiger charge is -2.38. The number of amides is 2. The van der Waals surface area contributed by atoms with Gasteiger partial charge in [-0.05, 0) is 65.2 Å². The molecule has 4 aromatic carbocycles. The zero-order chi connectivity index (χ0) is 28.3. The smallest absolute Gasteiger partial charge is 0.247 e. The van der Waals surface area contributed by atoms with E-state index in [2.05, 4.69) is 26.6 Å². The molecule has 2 N–H and O–H groups in total. The van der Waals surface area contributed by atoms with E-state index in [1.54, 1.807) is 48.5 Å². The molecule has 8 heteroatoms. The largest absolute Gasteiger partial charge is 0.356 e. The third-order valence-electron chi connectivity index (χ3n) is 8.36. The Balaban J connectivity index is 1.48. The van der Waals surface area contributed by atoms with Gasteiger partial charge in [-0.25, -0.2) is 0 Å². The van der Waals surface area contributed by atoms with Crippen molar-refractivity contribution in [3.63, 3.8) is 0 Å². The van der Waals surface area contributed by atoms with Gasteiger partial charge in [0.2, 0.25) is 11.8 Å². The van der Waals surface area contributed by atoms with Gasteiger partial charge in [0, 0.05) is 32.6 Å². The summed E-state index contributed by atoms with van der Waals surface area (Å²) in [5.41, 5.74) is 2.79. The number of halogens is 2. The minimum atomic E-state index is -1.37. The minimum Gasteiger partial charge on any atom is -0.356 e. The highest BCUT2D eigenvalue weighted by atomic mass is 79.9. The molecule has 4 unspecified atom stereocenters. The Morgan fingerprint density at radius 3 is 2.39 bits per heavy atom. The second kappa shape index (κ2) is 9.72. The maximum atomic E-state index is 14.7. The van der Waals surface area contributed by atoms with Crippen LogP contribution in [0.5, 0.6) is 0 Å². The molecular formula is C33H23BrClN3O3. The van der Waals surface area contributed by atoms with Crippen molar-refractivity contribution in [2.45, 2.75) is 17.5 Å². The summed E-state index contributed by atoms with van der Waals surface area (Å²) in [4.78, 5) is 45.3. The maximum Gasteiger partial charge on any atom is 0.247 e. The number of fused-ring (bicyclic) bond motifs is 6. The molecule has 0 radical (unpaired) electrons. The molecule has 0 saturated carbocycles. The van der Waals surface area contributed by atoms with Crippen molar-refractivity contribution in [3.8, 4) is 0 Å². The number of benzene rings is 4. The highest BCUT2D eigenvalue weighted by Crippen LogP contribution is 2.62. The quantitative estimate of drug-likeness (QED) is 0.244. The summed E-state index contributed by atoms with van der Waals surface area (Å²) < 4.78 is 0.824. The molecule has 2 amide bonds. The van der Waals surface area contributed by atoms with Gasteiger partial charge in [0.25, 0.3) is 0 Å². The zero-order valence-electron chi connectivity index (χ0n) is 21.6. The molecule has 0 aromatic heterocycles. The van der Waals surface area contributed by atoms with Gasteiger partial charge in [0.1, 0.15) is 11.5 Å². The zero-order valence-corrected chi connectivity index (χ0v) is 23.9. The van der Waals surface area contributed by atoms with Gasteiger partial charge in [0.15, 0.2) is 5.78 Å². The molecule has 4 aromatic rings. The molecule has 0 bridgehead atoms. The first-order valence-electron chi connectivity index (χ1n) is 13.2. The number of anilines is 2. The average Bonchev–Trinajstić information content (AvgIpc) is 3.47. The summed E-state index contributed by atoms with van der Waals surface area (Å²) in [6, 6.07) is 27.6. The fourth-order valence-electron chi connectivity index (χ4n) is 6.71. The van der Waals surface area contributed by atoms with E-state index in [1.165, 1.54) is 0 Å². The van der Waals surface area contributed by atoms with Crippen molar-refractivity contribution < 1.29 is 14.4 Å². The first kappa shape index (κ1) is 25.7. The molecule has 3 aliphatic rings. The molecule has 3 heterocycles. The van der Waals surface area contributed by atoms with Gasteiger partial charge in [-0.3, -0.25) is 14.4 Å². The number of rotatable bonds is 4. The molecule has 4 atom stereocenters. The first-order valence-corrected chi connectivity index (χ1v) is 14.4. The number of nitrogens with one attached hydrogen (secondary N) is 2. The lowest BCUT2D eigenvalue weighted by Crippen LogP contribution is -2.50. The molecule has 6 nitrogen and oxygen atoms in total. The van der Waals surface area contributed by atoms with E-state index in [-0.39, 0.29) is 17.6 Å². The Bertz CT molecular complexity index is 1750. The number of Topliss-reactive ketones (excluding diaryl/α,β-unsaturated/α-hetero) is 1. The summed E-state index contributed by atoms with van der Waals surface area (Å²) in [6.07, 6.45) is 3.79. The van der Waals surface area contributed by atoms with E-state index in [9.17, 15) is 14.4 Å². The number of hydrogen-bond acceptors (Lipinski definition) is 4. The number of para-hydroxylation sites is 1. The van der Waals surface area contributed by atoms with Crippen LogP contribution in [0, 0.1) is 5.92 Å². The normalized spacial score (nSPS) is 23.5. The summed E-state index contributed by atoms with van der Waals surface area (Å²) in [5.74, 6) is -2.00. The van der Waals surface area contributed by atoms with E-state index >= 15 is 0 Å². The summed E-state index contributed by atoms with van der Waals surface area (Å²) in [5, 5.41) is 6.60. The van der Waals surface area contributed by atoms with Crippen LogP contribution in [-0.2, 0) is 15.0 Å². The lowest BCUT2D eigenvalue weighted by atomic mass is 9.63. The Morgan fingerprint density at radius 2 is 1.61 bits per heavy atom. The first-order chi connectivity index (χ1) is 19.9. The number of carbonyl (C=O) groups excluding carboxylic acids is 3. The highest BCUT2D eigenvalue weighted by molar-refractivity contribution is 9.10. The van der Waals surface area contributed by atoms with E-state index in [0.29, 0.717) is 27.5 Å². The van der Waals surface area contributed by atoms with Gasteiger partial charge in [-0.15, -0.1) is 0 Å². The minimum absolute atomic E-state index is 0.277. The molecule has 0 aliphatic carbocycles. The van der Waals surface area contributed by atoms with Gasteiger partial charge in [-0.1, -0.05) is 82.1 Å². The SMILES string of the molecule is O=C(Nc1ccc(Cl)cc1)C1C(C(=O)c2ccc(Br)cc2)C2(C(=O)Nc3ccccc32)C2c3ccccc3C=CN12. The molecule has 41 heavy (non-hydrogen) atoms. The van der Waals surface area contributed by atoms with Gasteiger partial charge in [0.05, 0.1) is 12.0 Å². The van der Waals surface area contributed by atoms with E-state index in [1.807, 2.05) is 65.7 Å². The summed E-state index contributed by atoms with van der Waals surface area (Å²) in [7, 11) is 0. The van der Waals surface area contributed by atoms with Crippen LogP contribution in [0.2, 0.25) is 5.02 Å². The van der Waals surface area contributed by atoms with Crippen LogP contribution < -0.4 is 10.6 Å². The van der Waals surface area contributed by atoms with Crippen molar-refractivity contribution in [3.05, 3.63) is 135 Å². The average molecular weight is 625 g/mol. The predicted octanol–water partition coefficient (Wildman–Crippen LogP) is 6.84. The Labute approximate surface area is 250 Å². The van der Waals surface area contributed by atoms with Crippen molar-refractivity contribution in [2.75, 3.05) is 10.6 Å². The van der Waals surface area contributed by atoms with Gasteiger partial charge < -0.3 is 15.5 Å². The molecule has 202 valence electrons. The molecule has 1 fully saturated rings. The third kappa shape index (κ3) is 3.87. The van der Waals surface area contributed by atoms with Crippen molar-refractivity contribution in [1.29, 1.82) is 0 Å². The Kier molecular flexibility index (Phi) is 6.10. The van der Waals surface area contributed by atoms with Crippen LogP contribution in [0.4, 0.5) is 11.4 Å². The molecule has 1 saturated heterocycles. The van der Waals surface area contributed by atoms with Crippen molar-refractivity contribution in [2.24, 2.45) is 5.92 Å². The van der Waals surface area contributed by atoms with Crippen LogP contribution in [0.25, 0.3) is 6.08 Å². The van der Waals surface area contributed by atoms with Crippen LogP contribution >= 0.6 is 27.5 Å². The van der Waals surface area contributed by atoms with Crippen LogP contribution in [0.15, 0.2) is 108 Å². The Hall–Kier alpha value is -4.20. The number of ketones is 1. The lowest BCUT2D eigenvalue weighted by molar-refractivity contribution is -0.122. The fraction of sp³-hybridized carbons (Fsp3) is 0.121. The van der Waals surface area contributed by atoms with Crippen LogP contribution in [0.1, 0.15) is 33.1 Å². The molecule has 7 rings (SSSR count). The summed E-state index contributed by atoms with van der Waals surface area (Å²) >= 11 is 9.53. The van der Waals surface area contributed by atoms with E-state index in [0.717, 1.165) is 15.6 Å². The summed E-state index contributed by atoms with van der Waals surface area (Å²) in [6.45, 7) is 0. The van der Waals surface area contributed by atoms with Crippen molar-refractivity contribution >= 4 is 62.6 Å². The fourth-order valence-corrected chi connectivity index (χ4v) is 7.10. The highest BCUT2D eigenvalue weighted by Gasteiger charge is 2.70. The standard InChI is InChI=1S/C33H23BrClN3O3/c34-21-11-9-20(10-12-21)29(39)27-28(31(40)36-23-15-13-22(35)14-16-23)38-18-17-19-5-1-2-6-24(19)30(38)33(27)25-7-3-4-8-26(25)37-32(33)41/h1-18,27-28,30H,(H,36,40)(H,37,41). The monoisotopic (exact) mass is 623 g/mol. The predicted molar refractivity (Wildman–Crippen MR) is 163 cm³/mol. The number of hydrogen-bond donors (Lipinski definition) is 2. The number of nitrogens with zero attached hydrogens (tertiary/aromatic N) is 1. The van der Waals surface area contributed by atoms with E-state index in [4.69, 9.17) is 11.6 Å². The molecule has 1 spiro atoms. The topological polar surface area (TPSA) is 78.5 Å². The second-order valence-electron chi connectivity index (χ2n) is 10.5. The van der Waals surface area contributed by atoms with Crippen LogP contribution in [0.3, 0.4) is 0 Å². The molecule has 3 aliphatic heterocycles. The van der Waals surface area contributed by atoms with Gasteiger partial charge >= 0.3 is 0 Å². The second-order valence-corrected chi connectivity index (χ2v) is 11.8. The Morgan fingerprint density at radius 1 is 0.902 bits per heavy atom. The van der Waals surface area contributed by atoms with Gasteiger partial charge in [-0.2, -0.15) is 0 Å². The molecular weight excluding hydrogens is 602 g/mol. The third-order valence-corrected chi connectivity index (χ3v) is 9.14.